The van der Waals surface area contributed by atoms with Gasteiger partial charge in [-0.15, -0.1) is 0 Å². The van der Waals surface area contributed by atoms with Crippen molar-refractivity contribution in [2.24, 2.45) is 5.41 Å². The fourth-order valence-electron chi connectivity index (χ4n) is 3.25. The number of amides is 1. The minimum Gasteiger partial charge on any atom is -0.467 e. The summed E-state index contributed by atoms with van der Waals surface area (Å²) in [6.45, 7) is 1.57. The van der Waals surface area contributed by atoms with Crippen LogP contribution in [0.5, 0.6) is 0 Å². The summed E-state index contributed by atoms with van der Waals surface area (Å²) in [6.07, 6.45) is -6.68. The number of alkyl halides is 3. The van der Waals surface area contributed by atoms with Gasteiger partial charge in [-0.3, -0.25) is 4.79 Å². The van der Waals surface area contributed by atoms with Crippen LogP contribution in [-0.4, -0.2) is 53.4 Å². The van der Waals surface area contributed by atoms with Crippen molar-refractivity contribution < 1.29 is 32.6 Å². The highest BCUT2D eigenvalue weighted by Crippen LogP contribution is 2.55. The Morgan fingerprint density at radius 3 is 2.25 bits per heavy atom. The first-order valence-electron chi connectivity index (χ1n) is 7.22. The fourth-order valence-corrected chi connectivity index (χ4v) is 3.25. The molecule has 1 aromatic rings. The number of carbonyl (C=O) groups is 2. The largest absolute Gasteiger partial charge is 0.467 e. The maximum Gasteiger partial charge on any atom is 0.423 e. The Labute approximate surface area is 137 Å². The molecule has 2 rings (SSSR count). The molecule has 2 atom stereocenters. The van der Waals surface area contributed by atoms with Gasteiger partial charge in [0.15, 0.2) is 0 Å². The smallest absolute Gasteiger partial charge is 0.423 e. The van der Waals surface area contributed by atoms with E-state index in [9.17, 15) is 27.9 Å². The van der Waals surface area contributed by atoms with Crippen LogP contribution in [0.3, 0.4) is 0 Å². The van der Waals surface area contributed by atoms with Crippen LogP contribution in [0, 0.1) is 5.41 Å². The van der Waals surface area contributed by atoms with Crippen molar-refractivity contribution >= 4 is 11.9 Å². The van der Waals surface area contributed by atoms with Gasteiger partial charge in [-0.25, -0.2) is 4.79 Å². The van der Waals surface area contributed by atoms with Crippen LogP contribution in [0.2, 0.25) is 0 Å². The monoisotopic (exact) mass is 345 g/mol. The maximum absolute atomic E-state index is 14.0. The van der Waals surface area contributed by atoms with Crippen LogP contribution in [0.15, 0.2) is 30.3 Å². The molecule has 0 bridgehead atoms. The number of benzene rings is 1. The topological polar surface area (TPSA) is 66.8 Å². The lowest BCUT2D eigenvalue weighted by Crippen LogP contribution is -2.69. The van der Waals surface area contributed by atoms with Gasteiger partial charge < -0.3 is 14.7 Å². The van der Waals surface area contributed by atoms with Crippen molar-refractivity contribution in [2.75, 3.05) is 13.7 Å². The van der Waals surface area contributed by atoms with Crippen molar-refractivity contribution in [1.82, 2.24) is 4.90 Å². The number of aliphatic hydroxyl groups excluding tert-OH is 1. The second-order valence-corrected chi connectivity index (χ2v) is 6.22. The van der Waals surface area contributed by atoms with Crippen LogP contribution in [-0.2, 0) is 9.53 Å². The van der Waals surface area contributed by atoms with E-state index in [-0.39, 0.29) is 5.56 Å². The van der Waals surface area contributed by atoms with E-state index in [4.69, 9.17) is 0 Å². The van der Waals surface area contributed by atoms with Crippen LogP contribution in [0.4, 0.5) is 13.2 Å². The summed E-state index contributed by atoms with van der Waals surface area (Å²) in [4.78, 5) is 25.3. The van der Waals surface area contributed by atoms with E-state index in [1.165, 1.54) is 24.3 Å². The Morgan fingerprint density at radius 1 is 1.25 bits per heavy atom. The van der Waals surface area contributed by atoms with Crippen molar-refractivity contribution in [3.8, 4) is 0 Å². The molecule has 1 amide bonds. The summed E-state index contributed by atoms with van der Waals surface area (Å²) in [5, 5.41) is 10.2. The second kappa shape index (κ2) is 5.77. The van der Waals surface area contributed by atoms with E-state index in [0.717, 1.165) is 21.0 Å². The number of methoxy groups -OCH3 is 1. The Kier molecular flexibility index (Phi) is 4.39. The number of rotatable bonds is 2. The molecule has 0 radical (unpaired) electrons. The highest BCUT2D eigenvalue weighted by molar-refractivity contribution is 5.99. The van der Waals surface area contributed by atoms with Gasteiger partial charge in [0.2, 0.25) is 5.54 Å². The first-order chi connectivity index (χ1) is 11.0. The SMILES string of the molecule is COC(=O)[C@@]1(C(F)(F)F)N(C(=O)c2ccccc2)CC(O)C1(C)C. The highest BCUT2D eigenvalue weighted by atomic mass is 19.4. The highest BCUT2D eigenvalue weighted by Gasteiger charge is 2.78. The third-order valence-corrected chi connectivity index (χ3v) is 4.68. The Bertz CT molecular complexity index is 644. The summed E-state index contributed by atoms with van der Waals surface area (Å²) >= 11 is 0. The minimum atomic E-state index is -5.13. The van der Waals surface area contributed by atoms with E-state index in [2.05, 4.69) is 4.74 Å². The molecule has 24 heavy (non-hydrogen) atoms. The number of hydrogen-bond acceptors (Lipinski definition) is 4. The lowest BCUT2D eigenvalue weighted by molar-refractivity contribution is -0.249. The predicted octanol–water partition coefficient (Wildman–Crippen LogP) is 2.00. The number of ether oxygens (including phenoxy) is 1. The fraction of sp³-hybridized carbons (Fsp3) is 0.500. The average molecular weight is 345 g/mol. The zero-order chi connectivity index (χ0) is 18.3. The van der Waals surface area contributed by atoms with Gasteiger partial charge in [-0.05, 0) is 12.1 Å². The first-order valence-corrected chi connectivity index (χ1v) is 7.22. The Morgan fingerprint density at radius 2 is 1.79 bits per heavy atom. The number of likely N-dealkylation sites (tertiary alicyclic amines) is 1. The van der Waals surface area contributed by atoms with Gasteiger partial charge in [0.1, 0.15) is 0 Å². The van der Waals surface area contributed by atoms with Crippen molar-refractivity contribution in [1.29, 1.82) is 0 Å². The molecule has 132 valence electrons. The predicted molar refractivity (Wildman–Crippen MR) is 78.1 cm³/mol. The molecule has 1 unspecified atom stereocenters. The first kappa shape index (κ1) is 18.3. The van der Waals surface area contributed by atoms with E-state index < -0.39 is 41.7 Å². The van der Waals surface area contributed by atoms with Crippen LogP contribution in [0.25, 0.3) is 0 Å². The zero-order valence-corrected chi connectivity index (χ0v) is 13.4. The molecule has 1 N–H and O–H groups in total. The maximum atomic E-state index is 14.0. The molecule has 0 saturated carbocycles. The molecule has 5 nitrogen and oxygen atoms in total. The summed E-state index contributed by atoms with van der Waals surface area (Å²) in [6, 6.07) is 7.30. The van der Waals surface area contributed by atoms with Gasteiger partial charge in [-0.1, -0.05) is 32.0 Å². The summed E-state index contributed by atoms with van der Waals surface area (Å²) < 4.78 is 46.5. The third-order valence-electron chi connectivity index (χ3n) is 4.68. The standard InChI is InChI=1S/C16H18F3NO4/c1-14(2)11(21)9-20(12(22)10-7-5-4-6-8-10)15(14,13(23)24-3)16(17,18)19/h4-8,11,21H,9H2,1-3H3/t11?,15-/m1/s1. The quantitative estimate of drug-likeness (QED) is 0.833. The molecule has 8 heteroatoms. The number of carbonyl (C=O) groups excluding carboxylic acids is 2. The molecular weight excluding hydrogens is 327 g/mol. The molecule has 1 heterocycles. The van der Waals surface area contributed by atoms with Crippen molar-refractivity contribution in [2.45, 2.75) is 31.7 Å². The number of halogens is 3. The van der Waals surface area contributed by atoms with Gasteiger partial charge >= 0.3 is 12.1 Å². The molecule has 1 aromatic carbocycles. The molecule has 1 aliphatic heterocycles. The van der Waals surface area contributed by atoms with Crippen LogP contribution in [0.1, 0.15) is 24.2 Å². The second-order valence-electron chi connectivity index (χ2n) is 6.22. The molecule has 0 aromatic heterocycles. The molecule has 0 aliphatic carbocycles. The van der Waals surface area contributed by atoms with E-state index in [1.807, 2.05) is 0 Å². The van der Waals surface area contributed by atoms with E-state index in [0.29, 0.717) is 4.90 Å². The number of β-amino-alcohol motifs (C(OH)–C–C–N with tert-alkyl or cyclic N) is 1. The molecular formula is C16H18F3NO4. The van der Waals surface area contributed by atoms with Gasteiger partial charge in [0.25, 0.3) is 5.91 Å². The van der Waals surface area contributed by atoms with E-state index in [1.54, 1.807) is 6.07 Å². The Balaban J connectivity index is 2.69. The number of esters is 1. The lowest BCUT2D eigenvalue weighted by atomic mass is 9.70. The lowest BCUT2D eigenvalue weighted by Gasteiger charge is -2.44. The third kappa shape index (κ3) is 2.28. The van der Waals surface area contributed by atoms with Gasteiger partial charge in [0, 0.05) is 17.5 Å². The van der Waals surface area contributed by atoms with Gasteiger partial charge in [0.05, 0.1) is 13.2 Å². The number of aliphatic hydroxyl groups is 1. The molecule has 0 spiro atoms. The number of hydrogen-bond donors (Lipinski definition) is 1. The van der Waals surface area contributed by atoms with Crippen LogP contribution < -0.4 is 0 Å². The number of nitrogens with zero attached hydrogens (tertiary/aromatic N) is 1. The molecule has 1 fully saturated rings. The minimum absolute atomic E-state index is 0.0140. The summed E-state index contributed by atoms with van der Waals surface area (Å²) in [5.74, 6) is -2.62. The average Bonchev–Trinajstić information content (AvgIpc) is 2.74. The van der Waals surface area contributed by atoms with Crippen molar-refractivity contribution in [3.05, 3.63) is 35.9 Å². The normalized spacial score (nSPS) is 26.3. The molecule has 1 saturated heterocycles. The molecule has 1 aliphatic rings. The van der Waals surface area contributed by atoms with Gasteiger partial charge in [-0.2, -0.15) is 13.2 Å². The summed E-state index contributed by atoms with van der Waals surface area (Å²) in [5.41, 5.74) is -5.27. The van der Waals surface area contributed by atoms with Crippen molar-refractivity contribution in [3.63, 3.8) is 0 Å². The Hall–Kier alpha value is -2.09. The summed E-state index contributed by atoms with van der Waals surface area (Å²) in [7, 11) is 0.821. The van der Waals surface area contributed by atoms with Crippen LogP contribution >= 0.6 is 0 Å². The zero-order valence-electron chi connectivity index (χ0n) is 13.4. The van der Waals surface area contributed by atoms with E-state index >= 15 is 0 Å².